The van der Waals surface area contributed by atoms with E-state index in [0.29, 0.717) is 12.2 Å². The molecule has 144 valence electrons. The number of amides is 1. The largest absolute Gasteiger partial charge is 0.497 e. The fourth-order valence-electron chi connectivity index (χ4n) is 2.66. The number of anilines is 3. The standard InChI is InChI=1S/C22H24N4O2/c1-26(2)19-8-6-17(7-9-19)25-18-12-13-23-21(14-18)22(27)24-15-16-4-10-20(28-3)11-5-16/h4-14H,15H2,1-3H3,(H,23,25)(H,24,27). The molecule has 0 atom stereocenters. The summed E-state index contributed by atoms with van der Waals surface area (Å²) in [5, 5.41) is 6.19. The first-order chi connectivity index (χ1) is 13.5. The van der Waals surface area contributed by atoms with Gasteiger partial charge in [-0.3, -0.25) is 9.78 Å². The van der Waals surface area contributed by atoms with E-state index in [4.69, 9.17) is 4.74 Å². The summed E-state index contributed by atoms with van der Waals surface area (Å²) in [6, 6.07) is 19.2. The molecule has 1 aromatic heterocycles. The molecule has 0 saturated heterocycles. The predicted octanol–water partition coefficient (Wildman–Crippen LogP) is 3.83. The molecule has 1 amide bonds. The quantitative estimate of drug-likeness (QED) is 0.656. The zero-order chi connectivity index (χ0) is 19.9. The van der Waals surface area contributed by atoms with Gasteiger partial charge in [-0.25, -0.2) is 0 Å². The zero-order valence-corrected chi connectivity index (χ0v) is 16.3. The van der Waals surface area contributed by atoms with Crippen LogP contribution in [0.1, 0.15) is 16.1 Å². The molecule has 3 rings (SSSR count). The van der Waals surface area contributed by atoms with Gasteiger partial charge in [0.25, 0.3) is 5.91 Å². The van der Waals surface area contributed by atoms with Crippen LogP contribution in [0.5, 0.6) is 5.75 Å². The Hall–Kier alpha value is -3.54. The molecule has 6 nitrogen and oxygen atoms in total. The van der Waals surface area contributed by atoms with Crippen molar-refractivity contribution in [1.29, 1.82) is 0 Å². The van der Waals surface area contributed by atoms with Gasteiger partial charge in [-0.05, 0) is 54.1 Å². The molecule has 0 fully saturated rings. The SMILES string of the molecule is COc1ccc(CNC(=O)c2cc(Nc3ccc(N(C)C)cc3)ccn2)cc1. The van der Waals surface area contributed by atoms with Gasteiger partial charge in [0.15, 0.2) is 0 Å². The van der Waals surface area contributed by atoms with Crippen molar-refractivity contribution in [3.63, 3.8) is 0 Å². The lowest BCUT2D eigenvalue weighted by Crippen LogP contribution is -2.23. The smallest absolute Gasteiger partial charge is 0.270 e. The van der Waals surface area contributed by atoms with Gasteiger partial charge in [0.1, 0.15) is 11.4 Å². The molecule has 1 heterocycles. The molecule has 3 aromatic rings. The second-order valence-electron chi connectivity index (χ2n) is 6.53. The van der Waals surface area contributed by atoms with Crippen LogP contribution in [0.3, 0.4) is 0 Å². The number of aromatic nitrogens is 1. The third-order valence-corrected chi connectivity index (χ3v) is 4.28. The van der Waals surface area contributed by atoms with Crippen molar-refractivity contribution in [2.45, 2.75) is 6.54 Å². The maximum Gasteiger partial charge on any atom is 0.270 e. The van der Waals surface area contributed by atoms with Crippen molar-refractivity contribution < 1.29 is 9.53 Å². The van der Waals surface area contributed by atoms with Crippen molar-refractivity contribution in [3.8, 4) is 5.75 Å². The van der Waals surface area contributed by atoms with E-state index >= 15 is 0 Å². The van der Waals surface area contributed by atoms with Gasteiger partial charge < -0.3 is 20.3 Å². The lowest BCUT2D eigenvalue weighted by atomic mass is 10.2. The van der Waals surface area contributed by atoms with Crippen LogP contribution in [0.4, 0.5) is 17.1 Å². The molecule has 0 radical (unpaired) electrons. The number of benzene rings is 2. The summed E-state index contributed by atoms with van der Waals surface area (Å²) in [4.78, 5) is 18.7. The number of nitrogens with zero attached hydrogens (tertiary/aromatic N) is 2. The number of pyridine rings is 1. The highest BCUT2D eigenvalue weighted by Crippen LogP contribution is 2.20. The molecule has 6 heteroatoms. The number of carbonyl (C=O) groups excluding carboxylic acids is 1. The molecule has 28 heavy (non-hydrogen) atoms. The number of hydrogen-bond acceptors (Lipinski definition) is 5. The summed E-state index contributed by atoms with van der Waals surface area (Å²) >= 11 is 0. The summed E-state index contributed by atoms with van der Waals surface area (Å²) in [5.41, 5.74) is 4.23. The lowest BCUT2D eigenvalue weighted by molar-refractivity contribution is 0.0946. The Morgan fingerprint density at radius 1 is 1.00 bits per heavy atom. The highest BCUT2D eigenvalue weighted by Gasteiger charge is 2.08. The van der Waals surface area contributed by atoms with Crippen LogP contribution in [0.2, 0.25) is 0 Å². The highest BCUT2D eigenvalue weighted by molar-refractivity contribution is 5.93. The molecule has 2 aromatic carbocycles. The van der Waals surface area contributed by atoms with E-state index in [1.165, 1.54) is 0 Å². The van der Waals surface area contributed by atoms with Gasteiger partial charge in [-0.1, -0.05) is 12.1 Å². The van der Waals surface area contributed by atoms with Crippen LogP contribution in [0.15, 0.2) is 66.9 Å². The molecule has 0 aliphatic heterocycles. The number of nitrogens with one attached hydrogen (secondary N) is 2. The Kier molecular flexibility index (Phi) is 6.11. The van der Waals surface area contributed by atoms with Gasteiger partial charge in [-0.2, -0.15) is 0 Å². The normalized spacial score (nSPS) is 10.2. The average Bonchev–Trinajstić information content (AvgIpc) is 2.73. The minimum absolute atomic E-state index is 0.220. The first kappa shape index (κ1) is 19.2. The van der Waals surface area contributed by atoms with E-state index in [0.717, 1.165) is 28.4 Å². The molecule has 2 N–H and O–H groups in total. The van der Waals surface area contributed by atoms with Gasteiger partial charge >= 0.3 is 0 Å². The first-order valence-corrected chi connectivity index (χ1v) is 8.97. The summed E-state index contributed by atoms with van der Waals surface area (Å²) in [6.45, 7) is 0.425. The minimum Gasteiger partial charge on any atom is -0.497 e. The van der Waals surface area contributed by atoms with E-state index in [-0.39, 0.29) is 5.91 Å². The summed E-state index contributed by atoms with van der Waals surface area (Å²) < 4.78 is 5.14. The topological polar surface area (TPSA) is 66.5 Å². The highest BCUT2D eigenvalue weighted by atomic mass is 16.5. The summed E-state index contributed by atoms with van der Waals surface area (Å²) in [7, 11) is 5.63. The van der Waals surface area contributed by atoms with Crippen molar-refractivity contribution in [2.24, 2.45) is 0 Å². The maximum atomic E-state index is 12.4. The first-order valence-electron chi connectivity index (χ1n) is 8.97. The molecule has 0 aliphatic rings. The van der Waals surface area contributed by atoms with E-state index in [1.54, 1.807) is 19.4 Å². The van der Waals surface area contributed by atoms with Crippen LogP contribution in [0.25, 0.3) is 0 Å². The number of rotatable bonds is 7. The Labute approximate surface area is 165 Å². The van der Waals surface area contributed by atoms with E-state index in [2.05, 4.69) is 15.6 Å². The fourth-order valence-corrected chi connectivity index (χ4v) is 2.66. The van der Waals surface area contributed by atoms with Crippen LogP contribution < -0.4 is 20.3 Å². The van der Waals surface area contributed by atoms with E-state index in [1.807, 2.05) is 73.6 Å². The van der Waals surface area contributed by atoms with Gasteiger partial charge in [-0.15, -0.1) is 0 Å². The summed E-state index contributed by atoms with van der Waals surface area (Å²) in [6.07, 6.45) is 1.62. The van der Waals surface area contributed by atoms with E-state index in [9.17, 15) is 4.79 Å². The van der Waals surface area contributed by atoms with Crippen molar-refractivity contribution >= 4 is 23.0 Å². The van der Waals surface area contributed by atoms with Gasteiger partial charge in [0, 0.05) is 43.9 Å². The van der Waals surface area contributed by atoms with Crippen LogP contribution in [0, 0.1) is 0 Å². The second kappa shape index (κ2) is 8.90. The molecular formula is C22H24N4O2. The molecule has 0 bridgehead atoms. The Balaban J connectivity index is 1.62. The second-order valence-corrected chi connectivity index (χ2v) is 6.53. The third-order valence-electron chi connectivity index (χ3n) is 4.28. The molecule has 0 saturated carbocycles. The average molecular weight is 376 g/mol. The Morgan fingerprint density at radius 2 is 1.71 bits per heavy atom. The van der Waals surface area contributed by atoms with Crippen molar-refractivity contribution in [3.05, 3.63) is 78.1 Å². The number of hydrogen-bond donors (Lipinski definition) is 2. The van der Waals surface area contributed by atoms with Crippen molar-refractivity contribution in [1.82, 2.24) is 10.3 Å². The molecule has 0 spiro atoms. The predicted molar refractivity (Wildman–Crippen MR) is 112 cm³/mol. The number of ether oxygens (including phenoxy) is 1. The minimum atomic E-state index is -0.220. The zero-order valence-electron chi connectivity index (χ0n) is 16.3. The maximum absolute atomic E-state index is 12.4. The van der Waals surface area contributed by atoms with Crippen molar-refractivity contribution in [2.75, 3.05) is 31.4 Å². The molecular weight excluding hydrogens is 352 g/mol. The number of methoxy groups -OCH3 is 1. The monoisotopic (exact) mass is 376 g/mol. The van der Waals surface area contributed by atoms with Gasteiger partial charge in [0.2, 0.25) is 0 Å². The number of carbonyl (C=O) groups is 1. The third kappa shape index (κ3) is 5.01. The Bertz CT molecular complexity index is 922. The van der Waals surface area contributed by atoms with Crippen LogP contribution in [-0.2, 0) is 6.54 Å². The summed E-state index contributed by atoms with van der Waals surface area (Å²) in [5.74, 6) is 0.566. The molecule has 0 unspecified atom stereocenters. The van der Waals surface area contributed by atoms with Crippen LogP contribution in [-0.4, -0.2) is 32.1 Å². The molecule has 0 aliphatic carbocycles. The van der Waals surface area contributed by atoms with Gasteiger partial charge in [0.05, 0.1) is 7.11 Å². The van der Waals surface area contributed by atoms with E-state index < -0.39 is 0 Å². The van der Waals surface area contributed by atoms with Crippen LogP contribution >= 0.6 is 0 Å². The Morgan fingerprint density at radius 3 is 2.36 bits per heavy atom. The lowest BCUT2D eigenvalue weighted by Gasteiger charge is -2.13. The fraction of sp³-hybridized carbons (Fsp3) is 0.182.